The van der Waals surface area contributed by atoms with Gasteiger partial charge in [-0.2, -0.15) is 0 Å². The Kier molecular flexibility index (Phi) is 2.95. The molecule has 0 heterocycles. The molecule has 0 unspecified atom stereocenters. The second kappa shape index (κ2) is 4.40. The van der Waals surface area contributed by atoms with Crippen molar-refractivity contribution >= 4 is 17.3 Å². The van der Waals surface area contributed by atoms with E-state index in [1.54, 1.807) is 0 Å². The molecule has 90 valence electrons. The first kappa shape index (κ1) is 11.4. The first-order chi connectivity index (χ1) is 8.08. The smallest absolute Gasteiger partial charge is 0.282 e. The highest BCUT2D eigenvalue weighted by Gasteiger charge is 2.25. The van der Waals surface area contributed by atoms with Crippen LogP contribution in [0.2, 0.25) is 0 Å². The van der Waals surface area contributed by atoms with Crippen molar-refractivity contribution in [2.24, 2.45) is 0 Å². The maximum absolute atomic E-state index is 11.9. The lowest BCUT2D eigenvalue weighted by molar-refractivity contribution is -0.385. The number of amides is 1. The van der Waals surface area contributed by atoms with Gasteiger partial charge in [-0.15, -0.1) is 0 Å². The van der Waals surface area contributed by atoms with Crippen LogP contribution in [0.15, 0.2) is 18.2 Å². The third-order valence-electron chi connectivity index (χ3n) is 2.90. The van der Waals surface area contributed by atoms with Crippen LogP contribution in [0.3, 0.4) is 0 Å². The van der Waals surface area contributed by atoms with Gasteiger partial charge >= 0.3 is 0 Å². The van der Waals surface area contributed by atoms with Gasteiger partial charge in [0, 0.05) is 17.8 Å². The highest BCUT2D eigenvalue weighted by Crippen LogP contribution is 2.23. The molecule has 1 fully saturated rings. The highest BCUT2D eigenvalue weighted by molar-refractivity contribution is 5.99. The van der Waals surface area contributed by atoms with E-state index in [2.05, 4.69) is 5.32 Å². The average molecular weight is 235 g/mol. The molecule has 1 aliphatic rings. The van der Waals surface area contributed by atoms with Gasteiger partial charge in [-0.3, -0.25) is 14.9 Å². The third-order valence-corrected chi connectivity index (χ3v) is 2.90. The second-order valence-corrected chi connectivity index (χ2v) is 4.13. The molecule has 0 saturated heterocycles. The van der Waals surface area contributed by atoms with Gasteiger partial charge in [0.1, 0.15) is 5.56 Å². The summed E-state index contributed by atoms with van der Waals surface area (Å²) >= 11 is 0. The highest BCUT2D eigenvalue weighted by atomic mass is 16.6. The summed E-state index contributed by atoms with van der Waals surface area (Å²) in [6.45, 7) is 0. The number of nitro groups is 1. The Labute approximate surface area is 98.0 Å². The molecule has 0 aromatic heterocycles. The lowest BCUT2D eigenvalue weighted by atomic mass is 9.93. The number of nitrogens with zero attached hydrogens (tertiary/aromatic N) is 1. The number of carbonyl (C=O) groups is 1. The van der Waals surface area contributed by atoms with Gasteiger partial charge in [-0.25, -0.2) is 0 Å². The first-order valence-corrected chi connectivity index (χ1v) is 5.42. The van der Waals surface area contributed by atoms with Crippen LogP contribution in [0, 0.1) is 10.1 Å². The molecule has 0 radical (unpaired) electrons. The number of nitrogen functional groups attached to an aromatic ring is 1. The van der Waals surface area contributed by atoms with E-state index >= 15 is 0 Å². The van der Waals surface area contributed by atoms with Gasteiger partial charge in [-0.05, 0) is 31.4 Å². The summed E-state index contributed by atoms with van der Waals surface area (Å²) in [5.74, 6) is -0.423. The van der Waals surface area contributed by atoms with Crippen molar-refractivity contribution in [3.8, 4) is 0 Å². The SMILES string of the molecule is Nc1ccc([N+](=O)[O-])c(C(=O)NC2CCC2)c1. The Morgan fingerprint density at radius 3 is 2.71 bits per heavy atom. The number of anilines is 1. The van der Waals surface area contributed by atoms with Crippen LogP contribution in [0.1, 0.15) is 29.6 Å². The monoisotopic (exact) mass is 235 g/mol. The van der Waals surface area contributed by atoms with E-state index in [0.29, 0.717) is 5.69 Å². The van der Waals surface area contributed by atoms with Gasteiger partial charge in [0.15, 0.2) is 0 Å². The number of nitrogens with two attached hydrogens (primary N) is 1. The fourth-order valence-corrected chi connectivity index (χ4v) is 1.71. The van der Waals surface area contributed by atoms with Crippen LogP contribution in [0.4, 0.5) is 11.4 Å². The normalized spacial score (nSPS) is 15.1. The van der Waals surface area contributed by atoms with Crippen molar-refractivity contribution in [1.82, 2.24) is 5.32 Å². The van der Waals surface area contributed by atoms with E-state index in [-0.39, 0.29) is 17.3 Å². The molecule has 0 spiro atoms. The Morgan fingerprint density at radius 1 is 1.47 bits per heavy atom. The van der Waals surface area contributed by atoms with Gasteiger partial charge in [0.05, 0.1) is 4.92 Å². The number of rotatable bonds is 3. The topological polar surface area (TPSA) is 98.3 Å². The van der Waals surface area contributed by atoms with Gasteiger partial charge < -0.3 is 11.1 Å². The molecule has 17 heavy (non-hydrogen) atoms. The maximum atomic E-state index is 11.9. The van der Waals surface area contributed by atoms with E-state index in [9.17, 15) is 14.9 Å². The van der Waals surface area contributed by atoms with Crippen molar-refractivity contribution in [3.63, 3.8) is 0 Å². The Hall–Kier alpha value is -2.11. The van der Waals surface area contributed by atoms with Gasteiger partial charge in [-0.1, -0.05) is 0 Å². The average Bonchev–Trinajstić information content (AvgIpc) is 2.22. The zero-order valence-electron chi connectivity index (χ0n) is 9.18. The Bertz CT molecular complexity index is 469. The molecule has 0 atom stereocenters. The predicted molar refractivity (Wildman–Crippen MR) is 62.6 cm³/mol. The molecule has 1 saturated carbocycles. The summed E-state index contributed by atoms with van der Waals surface area (Å²) < 4.78 is 0. The summed E-state index contributed by atoms with van der Waals surface area (Å²) in [7, 11) is 0. The molecule has 1 aromatic rings. The summed E-state index contributed by atoms with van der Waals surface area (Å²) in [6.07, 6.45) is 2.95. The standard InChI is InChI=1S/C11H13N3O3/c12-7-4-5-10(14(16)17)9(6-7)11(15)13-8-2-1-3-8/h4-6,8H,1-3,12H2,(H,13,15). The largest absolute Gasteiger partial charge is 0.399 e. The van der Waals surface area contributed by atoms with Gasteiger partial charge in [0.2, 0.25) is 0 Å². The number of hydrogen-bond donors (Lipinski definition) is 2. The minimum Gasteiger partial charge on any atom is -0.399 e. The number of hydrogen-bond acceptors (Lipinski definition) is 4. The minimum atomic E-state index is -0.574. The summed E-state index contributed by atoms with van der Waals surface area (Å²) in [6, 6.07) is 4.15. The van der Waals surface area contributed by atoms with Crippen LogP contribution >= 0.6 is 0 Å². The van der Waals surface area contributed by atoms with Crippen LogP contribution in [-0.4, -0.2) is 16.9 Å². The first-order valence-electron chi connectivity index (χ1n) is 5.42. The molecule has 2 rings (SSSR count). The van der Waals surface area contributed by atoms with Crippen LogP contribution in [-0.2, 0) is 0 Å². The van der Waals surface area contributed by atoms with E-state index in [0.717, 1.165) is 19.3 Å². The molecule has 0 aliphatic heterocycles. The second-order valence-electron chi connectivity index (χ2n) is 4.13. The summed E-state index contributed by atoms with van der Waals surface area (Å²) in [5.41, 5.74) is 5.70. The number of nitrogens with one attached hydrogen (secondary N) is 1. The van der Waals surface area contributed by atoms with Crippen molar-refractivity contribution in [1.29, 1.82) is 0 Å². The van der Waals surface area contributed by atoms with E-state index < -0.39 is 10.8 Å². The minimum absolute atomic E-state index is 0.0295. The number of nitro benzene ring substituents is 1. The number of carbonyl (C=O) groups excluding carboxylic acids is 1. The maximum Gasteiger partial charge on any atom is 0.282 e. The molecule has 6 heteroatoms. The summed E-state index contributed by atoms with van der Waals surface area (Å²) in [4.78, 5) is 22.1. The fourth-order valence-electron chi connectivity index (χ4n) is 1.71. The van der Waals surface area contributed by atoms with Crippen molar-refractivity contribution < 1.29 is 9.72 Å². The molecule has 3 N–H and O–H groups in total. The molecular weight excluding hydrogens is 222 g/mol. The van der Waals surface area contributed by atoms with Crippen molar-refractivity contribution in [3.05, 3.63) is 33.9 Å². The lowest BCUT2D eigenvalue weighted by Crippen LogP contribution is -2.39. The quantitative estimate of drug-likeness (QED) is 0.470. The van der Waals surface area contributed by atoms with E-state index in [4.69, 9.17) is 5.73 Å². The molecule has 1 aromatic carbocycles. The van der Waals surface area contributed by atoms with Gasteiger partial charge in [0.25, 0.3) is 11.6 Å². The predicted octanol–water partition coefficient (Wildman–Crippen LogP) is 1.46. The molecule has 0 bridgehead atoms. The Balaban J connectivity index is 2.25. The van der Waals surface area contributed by atoms with Crippen molar-refractivity contribution in [2.75, 3.05) is 5.73 Å². The van der Waals surface area contributed by atoms with Crippen molar-refractivity contribution in [2.45, 2.75) is 25.3 Å². The number of benzene rings is 1. The third kappa shape index (κ3) is 2.35. The van der Waals surface area contributed by atoms with Crippen LogP contribution in [0.5, 0.6) is 0 Å². The zero-order chi connectivity index (χ0) is 12.4. The molecular formula is C11H13N3O3. The van der Waals surface area contributed by atoms with Crippen LogP contribution < -0.4 is 11.1 Å². The fraction of sp³-hybridized carbons (Fsp3) is 0.364. The zero-order valence-corrected chi connectivity index (χ0v) is 9.18. The lowest BCUT2D eigenvalue weighted by Gasteiger charge is -2.26. The molecule has 1 aliphatic carbocycles. The van der Waals surface area contributed by atoms with E-state index in [1.807, 2.05) is 0 Å². The summed E-state index contributed by atoms with van der Waals surface area (Å²) in [5, 5.41) is 13.5. The van der Waals surface area contributed by atoms with E-state index in [1.165, 1.54) is 18.2 Å². The van der Waals surface area contributed by atoms with Crippen LogP contribution in [0.25, 0.3) is 0 Å². The molecule has 6 nitrogen and oxygen atoms in total. The Morgan fingerprint density at radius 2 is 2.18 bits per heavy atom. The molecule has 1 amide bonds.